The van der Waals surface area contributed by atoms with Crippen LogP contribution in [0, 0.1) is 5.92 Å². The zero-order valence-corrected chi connectivity index (χ0v) is 27.2. The molecule has 0 radical (unpaired) electrons. The van der Waals surface area contributed by atoms with E-state index in [2.05, 4.69) is 33.0 Å². The summed E-state index contributed by atoms with van der Waals surface area (Å²) in [6, 6.07) is 0. The molecule has 4 nitrogen and oxygen atoms in total. The number of nitrogens with one attached hydrogen (secondary N) is 1. The molecule has 2 atom stereocenters. The van der Waals surface area contributed by atoms with E-state index in [1.165, 1.54) is 128 Å². The maximum Gasteiger partial charge on any atom is 0.308 e. The molecule has 0 fully saturated rings. The summed E-state index contributed by atoms with van der Waals surface area (Å²) in [4.78, 5) is 12.8. The highest BCUT2D eigenvalue weighted by Gasteiger charge is 2.19. The fourth-order valence-electron chi connectivity index (χ4n) is 5.40. The SMILES string of the molecule is CCCCCCCCC(CCCCCC)OCCNCCOC(=O)C(CCCCCC)CCCCCCCC. The number of unbranched alkanes of at least 4 members (excludes halogenated alkanes) is 16. The van der Waals surface area contributed by atoms with Crippen LogP contribution in [0.5, 0.6) is 0 Å². The van der Waals surface area contributed by atoms with E-state index < -0.39 is 0 Å². The van der Waals surface area contributed by atoms with Crippen LogP contribution in [0.1, 0.15) is 182 Å². The first-order valence-electron chi connectivity index (χ1n) is 17.7. The van der Waals surface area contributed by atoms with Crippen LogP contribution in [0.3, 0.4) is 0 Å². The molecule has 2 unspecified atom stereocenters. The third kappa shape index (κ3) is 27.3. The van der Waals surface area contributed by atoms with Crippen LogP contribution in [0.15, 0.2) is 0 Å². The molecule has 0 aromatic heterocycles. The van der Waals surface area contributed by atoms with Gasteiger partial charge in [0, 0.05) is 13.1 Å². The summed E-state index contributed by atoms with van der Waals surface area (Å²) in [5.74, 6) is 0.121. The minimum atomic E-state index is 0.0317. The summed E-state index contributed by atoms with van der Waals surface area (Å²) in [6.07, 6.45) is 30.7. The maximum absolute atomic E-state index is 12.8. The lowest BCUT2D eigenvalue weighted by Crippen LogP contribution is -2.28. The number of carbonyl (C=O) groups is 1. The number of hydrogen-bond acceptors (Lipinski definition) is 4. The first-order valence-corrected chi connectivity index (χ1v) is 17.7. The number of esters is 1. The van der Waals surface area contributed by atoms with Gasteiger partial charge in [-0.15, -0.1) is 0 Å². The zero-order valence-electron chi connectivity index (χ0n) is 27.2. The Morgan fingerprint density at radius 1 is 0.513 bits per heavy atom. The molecule has 0 spiro atoms. The molecule has 0 aliphatic heterocycles. The Kier molecular flexibility index (Phi) is 31.4. The second kappa shape index (κ2) is 31.9. The van der Waals surface area contributed by atoms with Crippen LogP contribution in [0.4, 0.5) is 0 Å². The van der Waals surface area contributed by atoms with Gasteiger partial charge in [0.1, 0.15) is 6.61 Å². The van der Waals surface area contributed by atoms with Crippen molar-refractivity contribution in [2.45, 2.75) is 188 Å². The van der Waals surface area contributed by atoms with E-state index in [1.807, 2.05) is 0 Å². The van der Waals surface area contributed by atoms with Gasteiger partial charge in [-0.25, -0.2) is 0 Å². The average Bonchev–Trinajstić information content (AvgIpc) is 2.94. The predicted octanol–water partition coefficient (Wildman–Crippen LogP) is 10.6. The number of rotatable bonds is 32. The number of carbonyl (C=O) groups excluding carboxylic acids is 1. The molecule has 4 heteroatoms. The van der Waals surface area contributed by atoms with Crippen LogP contribution in [-0.4, -0.2) is 38.4 Å². The highest BCUT2D eigenvalue weighted by Crippen LogP contribution is 2.20. The third-order valence-electron chi connectivity index (χ3n) is 8.06. The molecular weight excluding hydrogens is 482 g/mol. The highest BCUT2D eigenvalue weighted by atomic mass is 16.5. The van der Waals surface area contributed by atoms with Gasteiger partial charge in [-0.05, 0) is 25.7 Å². The molecule has 234 valence electrons. The smallest absolute Gasteiger partial charge is 0.308 e. The number of ether oxygens (including phenoxy) is 2. The van der Waals surface area contributed by atoms with E-state index in [0.717, 1.165) is 38.8 Å². The quantitative estimate of drug-likeness (QED) is 0.0664. The highest BCUT2D eigenvalue weighted by molar-refractivity contribution is 5.72. The molecule has 0 aromatic rings. The van der Waals surface area contributed by atoms with Gasteiger partial charge >= 0.3 is 5.97 Å². The van der Waals surface area contributed by atoms with Crippen LogP contribution < -0.4 is 5.32 Å². The van der Waals surface area contributed by atoms with Crippen molar-refractivity contribution < 1.29 is 14.3 Å². The van der Waals surface area contributed by atoms with Crippen molar-refractivity contribution in [1.82, 2.24) is 5.32 Å². The maximum atomic E-state index is 12.8. The van der Waals surface area contributed by atoms with Crippen molar-refractivity contribution in [3.8, 4) is 0 Å². The van der Waals surface area contributed by atoms with Gasteiger partial charge in [-0.3, -0.25) is 4.79 Å². The molecule has 39 heavy (non-hydrogen) atoms. The van der Waals surface area contributed by atoms with E-state index in [1.54, 1.807) is 0 Å². The second-order valence-corrected chi connectivity index (χ2v) is 11.9. The lowest BCUT2D eigenvalue weighted by atomic mass is 9.94. The van der Waals surface area contributed by atoms with Gasteiger partial charge in [0.15, 0.2) is 0 Å². The fourth-order valence-corrected chi connectivity index (χ4v) is 5.40. The largest absolute Gasteiger partial charge is 0.464 e. The van der Waals surface area contributed by atoms with Gasteiger partial charge in [0.2, 0.25) is 0 Å². The average molecular weight is 554 g/mol. The fraction of sp³-hybridized carbons (Fsp3) is 0.971. The molecule has 0 aliphatic carbocycles. The Morgan fingerprint density at radius 3 is 1.38 bits per heavy atom. The van der Waals surface area contributed by atoms with Gasteiger partial charge in [-0.1, -0.05) is 156 Å². The Bertz CT molecular complexity index is 485. The van der Waals surface area contributed by atoms with Gasteiger partial charge in [0.05, 0.1) is 18.6 Å². The molecule has 0 bridgehead atoms. The lowest BCUT2D eigenvalue weighted by Gasteiger charge is -2.19. The standard InChI is InChI=1S/C35H71NO3/c1-5-9-13-17-19-22-26-33(25-21-15-11-7-3)35(37)39-32-30-36-29-31-38-34(27-23-16-12-8-4)28-24-20-18-14-10-6-2/h33-34,36H,5-32H2,1-4H3. The predicted molar refractivity (Wildman–Crippen MR) is 171 cm³/mol. The van der Waals surface area contributed by atoms with Gasteiger partial charge < -0.3 is 14.8 Å². The van der Waals surface area contributed by atoms with E-state index in [4.69, 9.17) is 9.47 Å². The second-order valence-electron chi connectivity index (χ2n) is 11.9. The van der Waals surface area contributed by atoms with Crippen LogP contribution in [0.2, 0.25) is 0 Å². The van der Waals surface area contributed by atoms with E-state index in [0.29, 0.717) is 19.3 Å². The zero-order chi connectivity index (χ0) is 28.7. The first-order chi connectivity index (χ1) is 19.2. The topological polar surface area (TPSA) is 47.6 Å². The van der Waals surface area contributed by atoms with E-state index in [-0.39, 0.29) is 11.9 Å². The molecule has 0 aliphatic rings. The van der Waals surface area contributed by atoms with Crippen molar-refractivity contribution in [1.29, 1.82) is 0 Å². The minimum Gasteiger partial charge on any atom is -0.464 e. The van der Waals surface area contributed by atoms with Crippen LogP contribution in [0.25, 0.3) is 0 Å². The lowest BCUT2D eigenvalue weighted by molar-refractivity contribution is -0.149. The molecule has 0 amide bonds. The van der Waals surface area contributed by atoms with Crippen LogP contribution in [-0.2, 0) is 14.3 Å². The Morgan fingerprint density at radius 2 is 0.897 bits per heavy atom. The Labute approximate surface area is 245 Å². The van der Waals surface area contributed by atoms with Crippen molar-refractivity contribution >= 4 is 5.97 Å². The summed E-state index contributed by atoms with van der Waals surface area (Å²) in [5, 5.41) is 3.43. The molecule has 1 N–H and O–H groups in total. The summed E-state index contributed by atoms with van der Waals surface area (Å²) in [5.41, 5.74) is 0. The normalized spacial score (nSPS) is 13.0. The summed E-state index contributed by atoms with van der Waals surface area (Å²) in [6.45, 7) is 11.8. The monoisotopic (exact) mass is 554 g/mol. The first kappa shape index (κ1) is 38.4. The third-order valence-corrected chi connectivity index (χ3v) is 8.06. The van der Waals surface area contributed by atoms with E-state index in [9.17, 15) is 4.79 Å². The molecule has 0 heterocycles. The van der Waals surface area contributed by atoms with E-state index >= 15 is 0 Å². The molecule has 0 saturated carbocycles. The molecule has 0 saturated heterocycles. The van der Waals surface area contributed by atoms with Crippen molar-refractivity contribution in [2.75, 3.05) is 26.3 Å². The Balaban J connectivity index is 4.17. The van der Waals surface area contributed by atoms with Crippen molar-refractivity contribution in [3.63, 3.8) is 0 Å². The summed E-state index contributed by atoms with van der Waals surface area (Å²) >= 11 is 0. The molecular formula is C35H71NO3. The van der Waals surface area contributed by atoms with Crippen LogP contribution >= 0.6 is 0 Å². The Hall–Kier alpha value is -0.610. The van der Waals surface area contributed by atoms with Crippen molar-refractivity contribution in [2.24, 2.45) is 5.92 Å². The van der Waals surface area contributed by atoms with Crippen molar-refractivity contribution in [3.05, 3.63) is 0 Å². The van der Waals surface area contributed by atoms with Gasteiger partial charge in [-0.2, -0.15) is 0 Å². The molecule has 0 aromatic carbocycles. The summed E-state index contributed by atoms with van der Waals surface area (Å²) in [7, 11) is 0. The van der Waals surface area contributed by atoms with Gasteiger partial charge in [0.25, 0.3) is 0 Å². The number of hydrogen-bond donors (Lipinski definition) is 1. The molecule has 0 rings (SSSR count). The minimum absolute atomic E-state index is 0.0317. The summed E-state index contributed by atoms with van der Waals surface area (Å²) < 4.78 is 12.0.